The van der Waals surface area contributed by atoms with Crippen LogP contribution in [0.3, 0.4) is 0 Å². The van der Waals surface area contributed by atoms with Crippen LogP contribution in [0.25, 0.3) is 0 Å². The molecule has 0 unspecified atom stereocenters. The van der Waals surface area contributed by atoms with Crippen molar-refractivity contribution in [1.29, 1.82) is 0 Å². The van der Waals surface area contributed by atoms with E-state index < -0.39 is 0 Å². The Morgan fingerprint density at radius 3 is 2.62 bits per heavy atom. The highest BCUT2D eigenvalue weighted by Gasteiger charge is 1.83. The van der Waals surface area contributed by atoms with Gasteiger partial charge in [0.15, 0.2) is 0 Å². The first-order valence-electron chi connectivity index (χ1n) is 2.89. The summed E-state index contributed by atoms with van der Waals surface area (Å²) in [5.74, 6) is 5.97. The molecule has 0 aliphatic rings. The third kappa shape index (κ3) is 6.70. The van der Waals surface area contributed by atoms with Gasteiger partial charge in [0.25, 0.3) is 0 Å². The van der Waals surface area contributed by atoms with Crippen molar-refractivity contribution in [3.05, 3.63) is 5.75 Å². The number of hydrogen-bond donors (Lipinski definition) is 0. The van der Waals surface area contributed by atoms with E-state index in [1.54, 1.807) is 0 Å². The number of hydrogen-bond acceptors (Lipinski definition) is 2. The second kappa shape index (κ2) is 7.70. The summed E-state index contributed by atoms with van der Waals surface area (Å²) in [6, 6.07) is 0. The lowest BCUT2D eigenvalue weighted by Crippen LogP contribution is -1.81. The molecule has 0 aromatic rings. The van der Waals surface area contributed by atoms with Gasteiger partial charge in [-0.1, -0.05) is 13.8 Å². The SMILES string of the molecule is C[CH]SCCSCC. The third-order valence-corrected chi connectivity index (χ3v) is 2.65. The fourth-order valence-electron chi connectivity index (χ4n) is 0.369. The van der Waals surface area contributed by atoms with Crippen LogP contribution in [-0.2, 0) is 0 Å². The molecule has 0 amide bonds. The fourth-order valence-corrected chi connectivity index (χ4v) is 1.75. The molecule has 2 heteroatoms. The Kier molecular flexibility index (Phi) is 8.37. The topological polar surface area (TPSA) is 0 Å². The molecule has 0 spiro atoms. The lowest BCUT2D eigenvalue weighted by molar-refractivity contribution is 1.47. The standard InChI is InChI=1S/C6H13S2/c1-3-7-5-6-8-4-2/h3H,4-6H2,1-2H3. The van der Waals surface area contributed by atoms with Gasteiger partial charge >= 0.3 is 0 Å². The van der Waals surface area contributed by atoms with E-state index in [-0.39, 0.29) is 0 Å². The van der Waals surface area contributed by atoms with Crippen molar-refractivity contribution < 1.29 is 0 Å². The fraction of sp³-hybridized carbons (Fsp3) is 0.833. The molecule has 0 heterocycles. The smallest absolute Gasteiger partial charge is 0.0135 e. The maximum Gasteiger partial charge on any atom is 0.0135 e. The normalized spacial score (nSPS) is 9.75. The van der Waals surface area contributed by atoms with Crippen molar-refractivity contribution >= 4 is 23.5 Å². The van der Waals surface area contributed by atoms with E-state index in [9.17, 15) is 0 Å². The Hall–Kier alpha value is 0.700. The highest BCUT2D eigenvalue weighted by Crippen LogP contribution is 2.07. The van der Waals surface area contributed by atoms with Crippen molar-refractivity contribution in [3.63, 3.8) is 0 Å². The lowest BCUT2D eigenvalue weighted by atomic mass is 10.9. The molecule has 0 fully saturated rings. The van der Waals surface area contributed by atoms with Crippen LogP contribution in [0, 0.1) is 5.75 Å². The maximum atomic E-state index is 2.20. The van der Waals surface area contributed by atoms with Gasteiger partial charge in [0.2, 0.25) is 0 Å². The van der Waals surface area contributed by atoms with E-state index in [2.05, 4.69) is 19.6 Å². The van der Waals surface area contributed by atoms with Crippen LogP contribution in [0.1, 0.15) is 13.8 Å². The summed E-state index contributed by atoms with van der Waals surface area (Å²) in [5, 5.41) is 0. The van der Waals surface area contributed by atoms with Gasteiger partial charge in [0.1, 0.15) is 0 Å². The summed E-state index contributed by atoms with van der Waals surface area (Å²) >= 11 is 3.91. The molecule has 49 valence electrons. The van der Waals surface area contributed by atoms with Gasteiger partial charge in [-0.25, -0.2) is 0 Å². The Labute approximate surface area is 60.8 Å². The predicted octanol–water partition coefficient (Wildman–Crippen LogP) is 2.65. The highest BCUT2D eigenvalue weighted by molar-refractivity contribution is 8.03. The zero-order valence-corrected chi connectivity index (χ0v) is 7.15. The predicted molar refractivity (Wildman–Crippen MR) is 45.4 cm³/mol. The summed E-state index contributed by atoms with van der Waals surface area (Å²) in [4.78, 5) is 0. The molecule has 8 heavy (non-hydrogen) atoms. The minimum atomic E-state index is 1.25. The molecule has 1 radical (unpaired) electrons. The van der Waals surface area contributed by atoms with Gasteiger partial charge < -0.3 is 0 Å². The molecule has 0 nitrogen and oxygen atoms in total. The molecule has 0 aromatic heterocycles. The minimum absolute atomic E-state index is 1.25. The van der Waals surface area contributed by atoms with Gasteiger partial charge in [0.05, 0.1) is 0 Å². The molecule has 0 N–H and O–H groups in total. The van der Waals surface area contributed by atoms with Crippen LogP contribution in [0.5, 0.6) is 0 Å². The van der Waals surface area contributed by atoms with Gasteiger partial charge in [0, 0.05) is 17.3 Å². The summed E-state index contributed by atoms with van der Waals surface area (Å²) in [6.07, 6.45) is 0. The number of rotatable bonds is 5. The summed E-state index contributed by atoms with van der Waals surface area (Å²) in [5.41, 5.74) is 0. The molecule has 0 saturated carbocycles. The van der Waals surface area contributed by atoms with Crippen LogP contribution in [0.4, 0.5) is 0 Å². The Morgan fingerprint density at radius 1 is 1.38 bits per heavy atom. The average molecular weight is 149 g/mol. The summed E-state index contributed by atoms with van der Waals surface area (Å²) in [6.45, 7) is 4.28. The van der Waals surface area contributed by atoms with E-state index in [1.807, 2.05) is 23.5 Å². The molecule has 0 aromatic carbocycles. The summed E-state index contributed by atoms with van der Waals surface area (Å²) < 4.78 is 0. The lowest BCUT2D eigenvalue weighted by Gasteiger charge is -1.94. The van der Waals surface area contributed by atoms with Crippen molar-refractivity contribution in [2.24, 2.45) is 0 Å². The first-order chi connectivity index (χ1) is 3.91. The van der Waals surface area contributed by atoms with Crippen LogP contribution in [-0.4, -0.2) is 17.3 Å². The first kappa shape index (κ1) is 8.70. The molecular formula is C6H13S2. The van der Waals surface area contributed by atoms with Crippen LogP contribution >= 0.6 is 23.5 Å². The summed E-state index contributed by atoms with van der Waals surface area (Å²) in [7, 11) is 0. The van der Waals surface area contributed by atoms with E-state index in [1.165, 1.54) is 17.3 Å². The van der Waals surface area contributed by atoms with Crippen LogP contribution in [0.15, 0.2) is 0 Å². The first-order valence-corrected chi connectivity index (χ1v) is 5.09. The van der Waals surface area contributed by atoms with E-state index in [0.29, 0.717) is 0 Å². The van der Waals surface area contributed by atoms with Crippen LogP contribution < -0.4 is 0 Å². The van der Waals surface area contributed by atoms with Gasteiger partial charge in [-0.05, 0) is 5.75 Å². The molecule has 0 bridgehead atoms. The molecule has 0 atom stereocenters. The van der Waals surface area contributed by atoms with E-state index in [4.69, 9.17) is 0 Å². The molecule has 0 saturated heterocycles. The van der Waals surface area contributed by atoms with Crippen LogP contribution in [0.2, 0.25) is 0 Å². The Bertz CT molecular complexity index is 31.5. The average Bonchev–Trinajstić information content (AvgIpc) is 1.81. The van der Waals surface area contributed by atoms with E-state index >= 15 is 0 Å². The second-order valence-electron chi connectivity index (χ2n) is 1.30. The monoisotopic (exact) mass is 149 g/mol. The quantitative estimate of drug-likeness (QED) is 0.551. The molecule has 0 rings (SSSR count). The third-order valence-electron chi connectivity index (χ3n) is 0.716. The zero-order chi connectivity index (χ0) is 6.24. The zero-order valence-electron chi connectivity index (χ0n) is 5.52. The van der Waals surface area contributed by atoms with Crippen molar-refractivity contribution in [1.82, 2.24) is 0 Å². The number of thioether (sulfide) groups is 2. The van der Waals surface area contributed by atoms with E-state index in [0.717, 1.165) is 0 Å². The Morgan fingerprint density at radius 2 is 2.12 bits per heavy atom. The second-order valence-corrected chi connectivity index (χ2v) is 3.91. The van der Waals surface area contributed by atoms with Gasteiger partial charge in [-0.2, -0.15) is 23.5 Å². The molecule has 0 aliphatic carbocycles. The highest BCUT2D eigenvalue weighted by atomic mass is 32.2. The van der Waals surface area contributed by atoms with Crippen molar-refractivity contribution in [3.8, 4) is 0 Å². The largest absolute Gasteiger partial charge is 0.161 e. The minimum Gasteiger partial charge on any atom is -0.161 e. The Balaban J connectivity index is 2.53. The van der Waals surface area contributed by atoms with Gasteiger partial charge in [-0.15, -0.1) is 0 Å². The maximum absolute atomic E-state index is 2.20. The van der Waals surface area contributed by atoms with Crippen molar-refractivity contribution in [2.75, 3.05) is 17.3 Å². The van der Waals surface area contributed by atoms with Gasteiger partial charge in [-0.3, -0.25) is 0 Å². The molecular weight excluding hydrogens is 136 g/mol. The van der Waals surface area contributed by atoms with Crippen molar-refractivity contribution in [2.45, 2.75) is 13.8 Å². The molecule has 0 aliphatic heterocycles.